The van der Waals surface area contributed by atoms with Crippen molar-refractivity contribution in [1.82, 2.24) is 4.72 Å². The van der Waals surface area contributed by atoms with E-state index in [2.05, 4.69) is 4.72 Å². The molecule has 1 unspecified atom stereocenters. The van der Waals surface area contributed by atoms with E-state index in [0.717, 1.165) is 17.8 Å². The lowest BCUT2D eigenvalue weighted by atomic mass is 10.2. The normalized spacial score (nSPS) is 13.5. The molecule has 0 saturated carbocycles. The Kier molecular flexibility index (Phi) is 5.33. The third-order valence-electron chi connectivity index (χ3n) is 2.03. The molecule has 17 heavy (non-hydrogen) atoms. The molecule has 0 fully saturated rings. The molecule has 0 amide bonds. The average Bonchev–Trinajstić information content (AvgIpc) is 2.64. The second kappa shape index (κ2) is 6.10. The largest absolute Gasteiger partial charge is 0.392 e. The van der Waals surface area contributed by atoms with E-state index < -0.39 is 16.1 Å². The van der Waals surface area contributed by atoms with E-state index >= 15 is 0 Å². The van der Waals surface area contributed by atoms with Crippen LogP contribution in [0, 0.1) is 0 Å². The van der Waals surface area contributed by atoms with E-state index in [1.807, 2.05) is 6.92 Å². The summed E-state index contributed by atoms with van der Waals surface area (Å²) < 4.78 is 27.0. The third-order valence-corrected chi connectivity index (χ3v) is 5.51. The topological polar surface area (TPSA) is 72.2 Å². The van der Waals surface area contributed by atoms with Gasteiger partial charge in [0, 0.05) is 0 Å². The highest BCUT2D eigenvalue weighted by Crippen LogP contribution is 2.25. The highest BCUT2D eigenvalue weighted by atomic mass is 35.5. The summed E-state index contributed by atoms with van der Waals surface area (Å²) in [5, 5.41) is 0. The van der Waals surface area contributed by atoms with Crippen molar-refractivity contribution in [2.45, 2.75) is 30.0 Å². The Labute approximate surface area is 115 Å². The number of nitrogens with two attached hydrogens (primary N) is 1. The Balaban J connectivity index is 2.88. The molecule has 0 saturated heterocycles. The second-order valence-corrected chi connectivity index (χ2v) is 7.55. The first-order valence-electron chi connectivity index (χ1n) is 4.94. The van der Waals surface area contributed by atoms with Gasteiger partial charge in [0.05, 0.1) is 15.4 Å². The number of thiophene rings is 1. The first-order valence-corrected chi connectivity index (χ1v) is 8.02. The molecule has 0 aromatic carbocycles. The van der Waals surface area contributed by atoms with Crippen LogP contribution in [-0.4, -0.2) is 19.4 Å². The van der Waals surface area contributed by atoms with Crippen molar-refractivity contribution in [2.75, 3.05) is 0 Å². The number of sulfonamides is 1. The van der Waals surface area contributed by atoms with E-state index in [0.29, 0.717) is 10.8 Å². The maximum atomic E-state index is 12.0. The number of hydrogen-bond donors (Lipinski definition) is 2. The van der Waals surface area contributed by atoms with Crippen molar-refractivity contribution in [1.29, 1.82) is 0 Å². The van der Waals surface area contributed by atoms with Crippen LogP contribution in [0.25, 0.3) is 0 Å². The van der Waals surface area contributed by atoms with Crippen molar-refractivity contribution >= 4 is 50.2 Å². The molecule has 96 valence electrons. The fourth-order valence-corrected chi connectivity index (χ4v) is 4.24. The van der Waals surface area contributed by atoms with Gasteiger partial charge in [0.1, 0.15) is 4.21 Å². The summed E-state index contributed by atoms with van der Waals surface area (Å²) in [5.74, 6) is 0. The monoisotopic (exact) mass is 312 g/mol. The van der Waals surface area contributed by atoms with Gasteiger partial charge < -0.3 is 5.73 Å². The van der Waals surface area contributed by atoms with Crippen LogP contribution in [-0.2, 0) is 10.0 Å². The van der Waals surface area contributed by atoms with Gasteiger partial charge in [-0.3, -0.25) is 0 Å². The van der Waals surface area contributed by atoms with Gasteiger partial charge in [-0.15, -0.1) is 11.3 Å². The van der Waals surface area contributed by atoms with Gasteiger partial charge in [0.15, 0.2) is 0 Å². The molecule has 0 aliphatic rings. The van der Waals surface area contributed by atoms with E-state index in [9.17, 15) is 8.42 Å². The van der Waals surface area contributed by atoms with Crippen LogP contribution >= 0.6 is 35.2 Å². The van der Waals surface area contributed by atoms with Crippen LogP contribution in [0.2, 0.25) is 4.34 Å². The SMILES string of the molecule is CCCC(NS(=O)(=O)c1ccc(Cl)s1)C(N)=S. The highest BCUT2D eigenvalue weighted by Gasteiger charge is 2.22. The van der Waals surface area contributed by atoms with Crippen molar-refractivity contribution in [3.63, 3.8) is 0 Å². The van der Waals surface area contributed by atoms with Gasteiger partial charge in [0.25, 0.3) is 10.0 Å². The van der Waals surface area contributed by atoms with Gasteiger partial charge >= 0.3 is 0 Å². The minimum atomic E-state index is -3.59. The molecule has 8 heteroatoms. The molecule has 4 nitrogen and oxygen atoms in total. The Morgan fingerprint density at radius 3 is 2.71 bits per heavy atom. The molecular formula is C9H13ClN2O2S3. The number of thiocarbonyl (C=S) groups is 1. The third kappa shape index (κ3) is 4.18. The van der Waals surface area contributed by atoms with E-state index in [4.69, 9.17) is 29.6 Å². The lowest BCUT2D eigenvalue weighted by Crippen LogP contribution is -2.43. The first-order chi connectivity index (χ1) is 7.86. The summed E-state index contributed by atoms with van der Waals surface area (Å²) in [7, 11) is -3.59. The lowest BCUT2D eigenvalue weighted by molar-refractivity contribution is 0.569. The quantitative estimate of drug-likeness (QED) is 0.789. The molecule has 0 aliphatic heterocycles. The lowest BCUT2D eigenvalue weighted by Gasteiger charge is -2.15. The Bertz CT molecular complexity index is 498. The molecule has 1 aromatic rings. The van der Waals surface area contributed by atoms with Crippen molar-refractivity contribution in [3.8, 4) is 0 Å². The van der Waals surface area contributed by atoms with Crippen LogP contribution in [0.5, 0.6) is 0 Å². The number of rotatable bonds is 6. The molecule has 0 radical (unpaired) electrons. The van der Waals surface area contributed by atoms with Gasteiger partial charge in [-0.05, 0) is 18.6 Å². The fourth-order valence-electron chi connectivity index (χ4n) is 1.24. The van der Waals surface area contributed by atoms with E-state index in [1.165, 1.54) is 12.1 Å². The second-order valence-electron chi connectivity index (χ2n) is 3.42. The standard InChI is InChI=1S/C9H13ClN2O2S3/c1-2-3-6(9(11)15)12-17(13,14)8-5-4-7(10)16-8/h4-6,12H,2-3H2,1H3,(H2,11,15). The summed E-state index contributed by atoms with van der Waals surface area (Å²) in [5.41, 5.74) is 5.50. The van der Waals surface area contributed by atoms with Crippen LogP contribution in [0.4, 0.5) is 0 Å². The molecule has 3 N–H and O–H groups in total. The summed E-state index contributed by atoms with van der Waals surface area (Å²) in [6.45, 7) is 1.93. The molecule has 0 spiro atoms. The van der Waals surface area contributed by atoms with Crippen LogP contribution in [0.3, 0.4) is 0 Å². The van der Waals surface area contributed by atoms with Crippen molar-refractivity contribution in [2.24, 2.45) is 5.73 Å². The minimum Gasteiger partial charge on any atom is -0.392 e. The van der Waals surface area contributed by atoms with Crippen LogP contribution < -0.4 is 10.5 Å². The summed E-state index contributed by atoms with van der Waals surface area (Å²) >= 11 is 11.5. The smallest absolute Gasteiger partial charge is 0.250 e. The van der Waals surface area contributed by atoms with Gasteiger partial charge in [0.2, 0.25) is 0 Å². The zero-order valence-corrected chi connectivity index (χ0v) is 12.3. The minimum absolute atomic E-state index is 0.151. The molecule has 1 aromatic heterocycles. The van der Waals surface area contributed by atoms with Gasteiger partial charge in [-0.1, -0.05) is 37.2 Å². The van der Waals surface area contributed by atoms with Crippen molar-refractivity contribution < 1.29 is 8.42 Å². The van der Waals surface area contributed by atoms with Crippen molar-refractivity contribution in [3.05, 3.63) is 16.5 Å². The Hall–Kier alpha value is -0.210. The van der Waals surface area contributed by atoms with E-state index in [-0.39, 0.29) is 9.20 Å². The molecule has 0 aliphatic carbocycles. The van der Waals surface area contributed by atoms with Gasteiger partial charge in [-0.25, -0.2) is 13.1 Å². The zero-order valence-electron chi connectivity index (χ0n) is 9.14. The average molecular weight is 313 g/mol. The van der Waals surface area contributed by atoms with Gasteiger partial charge in [-0.2, -0.15) is 0 Å². The van der Waals surface area contributed by atoms with Crippen LogP contribution in [0.1, 0.15) is 19.8 Å². The summed E-state index contributed by atoms with van der Waals surface area (Å²) in [6, 6.07) is 2.48. The van der Waals surface area contributed by atoms with E-state index in [1.54, 1.807) is 0 Å². The molecular weight excluding hydrogens is 300 g/mol. The maximum Gasteiger partial charge on any atom is 0.250 e. The zero-order chi connectivity index (χ0) is 13.1. The Morgan fingerprint density at radius 2 is 2.29 bits per heavy atom. The molecule has 1 heterocycles. The number of hydrogen-bond acceptors (Lipinski definition) is 4. The number of halogens is 1. The maximum absolute atomic E-state index is 12.0. The molecule has 1 rings (SSSR count). The Morgan fingerprint density at radius 1 is 1.65 bits per heavy atom. The molecule has 1 atom stereocenters. The predicted octanol–water partition coefficient (Wildman–Crippen LogP) is 2.13. The predicted molar refractivity (Wildman–Crippen MR) is 75.1 cm³/mol. The first kappa shape index (κ1) is 14.8. The number of nitrogens with one attached hydrogen (secondary N) is 1. The fraction of sp³-hybridized carbons (Fsp3) is 0.444. The highest BCUT2D eigenvalue weighted by molar-refractivity contribution is 7.91. The summed E-state index contributed by atoms with van der Waals surface area (Å²) in [4.78, 5) is 0.151. The van der Waals surface area contributed by atoms with Crippen LogP contribution in [0.15, 0.2) is 16.3 Å². The molecule has 0 bridgehead atoms. The summed E-state index contributed by atoms with van der Waals surface area (Å²) in [6.07, 6.45) is 1.36.